The predicted molar refractivity (Wildman–Crippen MR) is 33.8 cm³/mol. The van der Waals surface area contributed by atoms with Gasteiger partial charge in [-0.3, -0.25) is 0 Å². The number of hydrogen-bond acceptors (Lipinski definition) is 2. The van der Waals surface area contributed by atoms with Gasteiger partial charge in [-0.05, 0) is 0 Å². The first-order chi connectivity index (χ1) is 3.41. The molecule has 0 unspecified atom stereocenters. The third kappa shape index (κ3) is 601. The fourth-order valence-electron chi connectivity index (χ4n) is 0. The zero-order chi connectivity index (χ0) is 6.71. The van der Waals surface area contributed by atoms with Crippen molar-refractivity contribution in [1.29, 1.82) is 0 Å². The Bertz CT molecular complexity index is 9.65. The molecule has 0 heterocycles. The van der Waals surface area contributed by atoms with Gasteiger partial charge in [0.15, 0.2) is 0 Å². The second-order valence-electron chi connectivity index (χ2n) is 0.500. The molecule has 0 aliphatic rings. The standard InChI is InChI=1S/C2H6Ge.2CH4O/c1-3-2;2*1-2/h1-2H3;2*2H,1H3. The normalized spacial score (nSPS) is 4.29. The zero-order valence-electron chi connectivity index (χ0n) is 5.39. The minimum absolute atomic E-state index is 0.500. The Morgan fingerprint density at radius 3 is 0.857 bits per heavy atom. The predicted octanol–water partition coefficient (Wildman–Crippen LogP) is 0.00380. The molecule has 0 atom stereocenters. The molecule has 2 nitrogen and oxygen atoms in total. The fraction of sp³-hybridized carbons (Fsp3) is 1.00. The monoisotopic (exact) mass is 168 g/mol. The Kier molecular flexibility index (Phi) is 202. The molecule has 2 N–H and O–H groups in total. The summed E-state index contributed by atoms with van der Waals surface area (Å²) < 4.78 is 0. The van der Waals surface area contributed by atoms with Gasteiger partial charge in [0.2, 0.25) is 0 Å². The van der Waals surface area contributed by atoms with E-state index in [2.05, 4.69) is 11.5 Å². The second-order valence-corrected chi connectivity index (χ2v) is 2.60. The van der Waals surface area contributed by atoms with Crippen LogP contribution in [-0.2, 0) is 0 Å². The topological polar surface area (TPSA) is 40.5 Å². The van der Waals surface area contributed by atoms with Crippen molar-refractivity contribution in [2.45, 2.75) is 11.5 Å². The Morgan fingerprint density at radius 1 is 0.857 bits per heavy atom. The molecular formula is C4H14GeO2. The average molecular weight is 167 g/mol. The molecule has 0 saturated carbocycles. The van der Waals surface area contributed by atoms with E-state index in [4.69, 9.17) is 10.2 Å². The SMILES string of the molecule is CO.CO.[CH3][Ge][CH3]. The first-order valence-corrected chi connectivity index (χ1v) is 6.09. The van der Waals surface area contributed by atoms with Gasteiger partial charge >= 0.3 is 26.9 Å². The molecule has 3 heteroatoms. The van der Waals surface area contributed by atoms with E-state index in [-0.39, 0.29) is 0 Å². The van der Waals surface area contributed by atoms with Gasteiger partial charge in [0, 0.05) is 14.2 Å². The van der Waals surface area contributed by atoms with Crippen LogP contribution in [0.2, 0.25) is 11.5 Å². The van der Waals surface area contributed by atoms with Crippen LogP contribution < -0.4 is 0 Å². The number of aliphatic hydroxyl groups excluding tert-OH is 2. The summed E-state index contributed by atoms with van der Waals surface area (Å²) >= 11 is 0.500. The average Bonchev–Trinajstić information content (AvgIpc) is 1.78. The molecule has 0 aliphatic carbocycles. The Labute approximate surface area is 52.0 Å². The molecule has 0 rings (SSSR count). The van der Waals surface area contributed by atoms with Gasteiger partial charge in [0.05, 0.1) is 0 Å². The van der Waals surface area contributed by atoms with E-state index in [9.17, 15) is 0 Å². The van der Waals surface area contributed by atoms with Crippen molar-refractivity contribution in [3.63, 3.8) is 0 Å². The van der Waals surface area contributed by atoms with E-state index in [1.54, 1.807) is 0 Å². The van der Waals surface area contributed by atoms with E-state index < -0.39 is 0 Å². The molecule has 7 heavy (non-hydrogen) atoms. The first kappa shape index (κ1) is 15.7. The zero-order valence-corrected chi connectivity index (χ0v) is 7.49. The van der Waals surface area contributed by atoms with Crippen LogP contribution in [0.25, 0.3) is 0 Å². The van der Waals surface area contributed by atoms with Gasteiger partial charge in [0.1, 0.15) is 0 Å². The quantitative estimate of drug-likeness (QED) is 0.498. The van der Waals surface area contributed by atoms with Crippen molar-refractivity contribution < 1.29 is 10.2 Å². The van der Waals surface area contributed by atoms with Crippen LogP contribution in [-0.4, -0.2) is 39.9 Å². The summed E-state index contributed by atoms with van der Waals surface area (Å²) in [5, 5.41) is 14.0. The summed E-state index contributed by atoms with van der Waals surface area (Å²) in [6.45, 7) is 0. The van der Waals surface area contributed by atoms with Crippen molar-refractivity contribution in [2.75, 3.05) is 14.2 Å². The number of aliphatic hydroxyl groups is 2. The van der Waals surface area contributed by atoms with Crippen LogP contribution >= 0.6 is 0 Å². The van der Waals surface area contributed by atoms with E-state index in [1.165, 1.54) is 0 Å². The molecule has 0 fully saturated rings. The molecule has 0 aliphatic heterocycles. The van der Waals surface area contributed by atoms with Crippen LogP contribution in [0.5, 0.6) is 0 Å². The molecular weight excluding hydrogens is 153 g/mol. The second kappa shape index (κ2) is 90.1. The number of hydrogen-bond donors (Lipinski definition) is 2. The van der Waals surface area contributed by atoms with Crippen LogP contribution in [0.4, 0.5) is 0 Å². The van der Waals surface area contributed by atoms with Crippen LogP contribution in [0, 0.1) is 0 Å². The Hall–Kier alpha value is 0.463. The van der Waals surface area contributed by atoms with Crippen molar-refractivity contribution in [3.05, 3.63) is 0 Å². The van der Waals surface area contributed by atoms with Crippen molar-refractivity contribution in [2.24, 2.45) is 0 Å². The Morgan fingerprint density at radius 2 is 0.857 bits per heavy atom. The first-order valence-electron chi connectivity index (χ1n) is 1.89. The molecule has 0 aromatic carbocycles. The maximum absolute atomic E-state index is 7.00. The molecule has 0 saturated heterocycles. The number of rotatable bonds is 0. The fourth-order valence-corrected chi connectivity index (χ4v) is 0. The van der Waals surface area contributed by atoms with Gasteiger partial charge in [-0.2, -0.15) is 0 Å². The van der Waals surface area contributed by atoms with E-state index >= 15 is 0 Å². The van der Waals surface area contributed by atoms with Gasteiger partial charge in [-0.1, -0.05) is 0 Å². The van der Waals surface area contributed by atoms with Crippen LogP contribution in [0.15, 0.2) is 0 Å². The van der Waals surface area contributed by atoms with E-state index in [0.717, 1.165) is 14.2 Å². The molecule has 46 valence electrons. The van der Waals surface area contributed by atoms with Crippen molar-refractivity contribution in [1.82, 2.24) is 0 Å². The van der Waals surface area contributed by atoms with Crippen molar-refractivity contribution in [3.8, 4) is 0 Å². The Balaban J connectivity index is -0.0000000360. The van der Waals surface area contributed by atoms with Gasteiger partial charge in [-0.15, -0.1) is 0 Å². The summed E-state index contributed by atoms with van der Waals surface area (Å²) in [7, 11) is 2.00. The molecule has 2 radical (unpaired) electrons. The summed E-state index contributed by atoms with van der Waals surface area (Å²) in [6, 6.07) is 0. The maximum atomic E-state index is 7.00. The van der Waals surface area contributed by atoms with E-state index in [1.807, 2.05) is 0 Å². The van der Waals surface area contributed by atoms with Crippen molar-refractivity contribution >= 4 is 15.4 Å². The molecule has 0 aromatic heterocycles. The van der Waals surface area contributed by atoms with Gasteiger partial charge in [0.25, 0.3) is 0 Å². The molecule has 0 bridgehead atoms. The third-order valence-electron chi connectivity index (χ3n) is 0. The third-order valence-corrected chi connectivity index (χ3v) is 0. The summed E-state index contributed by atoms with van der Waals surface area (Å²) in [6.07, 6.45) is 0. The van der Waals surface area contributed by atoms with Crippen LogP contribution in [0.1, 0.15) is 0 Å². The van der Waals surface area contributed by atoms with Gasteiger partial charge in [-0.25, -0.2) is 0 Å². The van der Waals surface area contributed by atoms with Crippen LogP contribution in [0.3, 0.4) is 0 Å². The molecule has 0 spiro atoms. The molecule has 0 amide bonds. The van der Waals surface area contributed by atoms with E-state index in [0.29, 0.717) is 15.4 Å². The minimum atomic E-state index is 0.500. The summed E-state index contributed by atoms with van der Waals surface area (Å²) in [5.41, 5.74) is 0. The van der Waals surface area contributed by atoms with Gasteiger partial charge < -0.3 is 10.2 Å². The molecule has 0 aromatic rings. The summed E-state index contributed by atoms with van der Waals surface area (Å²) in [5.74, 6) is 4.50. The summed E-state index contributed by atoms with van der Waals surface area (Å²) in [4.78, 5) is 0.